The fourth-order valence-electron chi connectivity index (χ4n) is 2.12. The van der Waals surface area contributed by atoms with Gasteiger partial charge < -0.3 is 4.74 Å². The fourth-order valence-corrected chi connectivity index (χ4v) is 2.65. The van der Waals surface area contributed by atoms with Crippen LogP contribution in [0.3, 0.4) is 0 Å². The molecule has 6 nitrogen and oxygen atoms in total. The molecule has 0 saturated heterocycles. The van der Waals surface area contributed by atoms with Crippen LogP contribution in [0.25, 0.3) is 6.08 Å². The molecule has 0 aliphatic rings. The van der Waals surface area contributed by atoms with E-state index in [2.05, 4.69) is 32.1 Å². The number of carbonyl (C=O) groups excluding carboxylic acids is 2. The molecule has 0 saturated carbocycles. The topological polar surface area (TPSA) is 79.5 Å². The highest BCUT2D eigenvalue weighted by molar-refractivity contribution is 9.10. The first-order chi connectivity index (χ1) is 13.4. The van der Waals surface area contributed by atoms with E-state index >= 15 is 0 Å². The van der Waals surface area contributed by atoms with Crippen molar-refractivity contribution in [3.8, 4) is 5.75 Å². The van der Waals surface area contributed by atoms with Crippen LogP contribution < -0.4 is 20.9 Å². The summed E-state index contributed by atoms with van der Waals surface area (Å²) in [5.41, 5.74) is 7.26. The average Bonchev–Trinajstić information content (AvgIpc) is 2.68. The summed E-state index contributed by atoms with van der Waals surface area (Å²) >= 11 is 8.38. The van der Waals surface area contributed by atoms with Crippen molar-refractivity contribution in [2.45, 2.75) is 13.8 Å². The molecule has 2 aromatic carbocycles. The third-order valence-electron chi connectivity index (χ3n) is 3.58. The first kappa shape index (κ1) is 21.6. The van der Waals surface area contributed by atoms with E-state index in [9.17, 15) is 9.59 Å². The Hall–Kier alpha value is -2.71. The van der Waals surface area contributed by atoms with Crippen molar-refractivity contribution < 1.29 is 14.3 Å². The van der Waals surface area contributed by atoms with Gasteiger partial charge in [0, 0.05) is 16.1 Å². The lowest BCUT2D eigenvalue weighted by atomic mass is 10.1. The van der Waals surface area contributed by atoms with Gasteiger partial charge in [0.25, 0.3) is 5.91 Å². The van der Waals surface area contributed by atoms with Gasteiger partial charge in [-0.3, -0.25) is 25.8 Å². The largest absolute Gasteiger partial charge is 0.494 e. The summed E-state index contributed by atoms with van der Waals surface area (Å²) in [6.07, 6.45) is 3.00. The number of thiocarbonyl (C=S) groups is 1. The van der Waals surface area contributed by atoms with Crippen molar-refractivity contribution in [3.63, 3.8) is 0 Å². The third kappa shape index (κ3) is 6.79. The van der Waals surface area contributed by atoms with Gasteiger partial charge in [0.1, 0.15) is 5.75 Å². The minimum Gasteiger partial charge on any atom is -0.494 e. The van der Waals surface area contributed by atoms with E-state index in [-0.39, 0.29) is 11.0 Å². The molecule has 0 atom stereocenters. The summed E-state index contributed by atoms with van der Waals surface area (Å²) in [6, 6.07) is 12.5. The summed E-state index contributed by atoms with van der Waals surface area (Å²) in [5, 5.41) is 2.44. The number of rotatable bonds is 5. The highest BCUT2D eigenvalue weighted by Crippen LogP contribution is 2.17. The SMILES string of the molecule is CCOc1ccc(/C=C/C(=O)NC(=S)NNC(=O)c2ccc(C)c(Br)c2)cc1. The number of hydrogen-bond acceptors (Lipinski definition) is 4. The van der Waals surface area contributed by atoms with E-state index in [1.807, 2.05) is 44.2 Å². The van der Waals surface area contributed by atoms with Gasteiger partial charge in [-0.1, -0.05) is 34.1 Å². The number of hydrogen-bond donors (Lipinski definition) is 3. The first-order valence-corrected chi connectivity index (χ1v) is 9.67. The Morgan fingerprint density at radius 2 is 1.86 bits per heavy atom. The molecule has 2 amide bonds. The maximum Gasteiger partial charge on any atom is 0.269 e. The number of ether oxygens (including phenoxy) is 1. The highest BCUT2D eigenvalue weighted by atomic mass is 79.9. The molecule has 0 heterocycles. The normalized spacial score (nSPS) is 10.4. The molecule has 28 heavy (non-hydrogen) atoms. The summed E-state index contributed by atoms with van der Waals surface area (Å²) < 4.78 is 6.19. The number of halogens is 1. The van der Waals surface area contributed by atoms with E-state index in [0.29, 0.717) is 12.2 Å². The van der Waals surface area contributed by atoms with Crippen molar-refractivity contribution in [1.29, 1.82) is 0 Å². The molecule has 2 aromatic rings. The highest BCUT2D eigenvalue weighted by Gasteiger charge is 2.08. The Kier molecular flexibility index (Phi) is 8.16. The van der Waals surface area contributed by atoms with E-state index in [1.165, 1.54) is 6.08 Å². The molecule has 0 unspecified atom stereocenters. The second kappa shape index (κ2) is 10.6. The van der Waals surface area contributed by atoms with E-state index in [0.717, 1.165) is 21.3 Å². The minimum absolute atomic E-state index is 0.0131. The molecule has 0 bridgehead atoms. The number of nitrogens with one attached hydrogen (secondary N) is 3. The van der Waals surface area contributed by atoms with Gasteiger partial charge in [0.05, 0.1) is 6.61 Å². The standard InChI is InChI=1S/C20H20BrN3O3S/c1-3-27-16-9-5-14(6-10-16)7-11-18(25)22-20(28)24-23-19(26)15-8-4-13(2)17(21)12-15/h4-12H,3H2,1-2H3,(H,23,26)(H2,22,24,25,28)/b11-7+. The average molecular weight is 462 g/mol. The Bertz CT molecular complexity index is 898. The Labute approximate surface area is 177 Å². The number of hydrazine groups is 1. The summed E-state index contributed by atoms with van der Waals surface area (Å²) in [4.78, 5) is 24.0. The molecule has 8 heteroatoms. The van der Waals surface area contributed by atoms with Crippen molar-refractivity contribution in [2.24, 2.45) is 0 Å². The molecular weight excluding hydrogens is 442 g/mol. The summed E-state index contributed by atoms with van der Waals surface area (Å²) in [6.45, 7) is 4.44. The second-order valence-corrected chi connectivity index (χ2v) is 6.96. The molecule has 2 rings (SSSR count). The van der Waals surface area contributed by atoms with Gasteiger partial charge in [0.2, 0.25) is 5.91 Å². The molecule has 0 aliphatic carbocycles. The molecular formula is C20H20BrN3O3S. The number of benzene rings is 2. The predicted molar refractivity (Wildman–Crippen MR) is 117 cm³/mol. The van der Waals surface area contributed by atoms with Crippen LogP contribution in [0.2, 0.25) is 0 Å². The van der Waals surface area contributed by atoms with Gasteiger partial charge in [0.15, 0.2) is 5.11 Å². The van der Waals surface area contributed by atoms with Crippen LogP contribution in [0.1, 0.15) is 28.4 Å². The van der Waals surface area contributed by atoms with Crippen LogP contribution in [0.4, 0.5) is 0 Å². The molecule has 0 radical (unpaired) electrons. The van der Waals surface area contributed by atoms with Gasteiger partial charge >= 0.3 is 0 Å². The lowest BCUT2D eigenvalue weighted by molar-refractivity contribution is -0.115. The van der Waals surface area contributed by atoms with Crippen LogP contribution >= 0.6 is 28.1 Å². The third-order valence-corrected chi connectivity index (χ3v) is 4.64. The Morgan fingerprint density at radius 1 is 1.14 bits per heavy atom. The van der Waals surface area contributed by atoms with Crippen molar-refractivity contribution in [2.75, 3.05) is 6.61 Å². The summed E-state index contributed by atoms with van der Waals surface area (Å²) in [5.74, 6) is -0.0215. The predicted octanol–water partition coefficient (Wildman–Crippen LogP) is 3.51. The maximum atomic E-state index is 12.1. The monoisotopic (exact) mass is 461 g/mol. The van der Waals surface area contributed by atoms with Crippen molar-refractivity contribution >= 4 is 51.2 Å². The number of amides is 2. The lowest BCUT2D eigenvalue weighted by Gasteiger charge is -2.10. The molecule has 146 valence electrons. The number of carbonyl (C=O) groups is 2. The fraction of sp³-hybridized carbons (Fsp3) is 0.150. The molecule has 0 aromatic heterocycles. The van der Waals surface area contributed by atoms with E-state index < -0.39 is 5.91 Å². The zero-order chi connectivity index (χ0) is 20.5. The molecule has 0 spiro atoms. The van der Waals surface area contributed by atoms with Crippen molar-refractivity contribution in [1.82, 2.24) is 16.2 Å². The quantitative estimate of drug-likeness (QED) is 0.360. The molecule has 0 aliphatic heterocycles. The van der Waals surface area contributed by atoms with Crippen LogP contribution in [-0.2, 0) is 4.79 Å². The minimum atomic E-state index is -0.418. The van der Waals surface area contributed by atoms with Crippen LogP contribution in [0, 0.1) is 6.92 Å². The van der Waals surface area contributed by atoms with Crippen LogP contribution in [-0.4, -0.2) is 23.5 Å². The van der Waals surface area contributed by atoms with Gasteiger partial charge in [-0.05, 0) is 67.5 Å². The zero-order valence-electron chi connectivity index (χ0n) is 15.4. The lowest BCUT2D eigenvalue weighted by Crippen LogP contribution is -2.48. The summed E-state index contributed by atoms with van der Waals surface area (Å²) in [7, 11) is 0. The molecule has 3 N–H and O–H groups in total. The molecule has 0 fully saturated rings. The van der Waals surface area contributed by atoms with Crippen LogP contribution in [0.5, 0.6) is 5.75 Å². The van der Waals surface area contributed by atoms with E-state index in [4.69, 9.17) is 17.0 Å². The first-order valence-electron chi connectivity index (χ1n) is 8.47. The van der Waals surface area contributed by atoms with Gasteiger partial charge in [-0.25, -0.2) is 0 Å². The number of aryl methyl sites for hydroxylation is 1. The Morgan fingerprint density at radius 3 is 2.50 bits per heavy atom. The smallest absolute Gasteiger partial charge is 0.269 e. The van der Waals surface area contributed by atoms with E-state index in [1.54, 1.807) is 18.2 Å². The van der Waals surface area contributed by atoms with Gasteiger partial charge in [-0.2, -0.15) is 0 Å². The van der Waals surface area contributed by atoms with Crippen molar-refractivity contribution in [3.05, 3.63) is 69.7 Å². The van der Waals surface area contributed by atoms with Crippen LogP contribution in [0.15, 0.2) is 53.0 Å². The maximum absolute atomic E-state index is 12.1. The Balaban J connectivity index is 1.80. The second-order valence-electron chi connectivity index (χ2n) is 5.70. The van der Waals surface area contributed by atoms with Gasteiger partial charge in [-0.15, -0.1) is 0 Å². The zero-order valence-corrected chi connectivity index (χ0v) is 17.8.